The van der Waals surface area contributed by atoms with E-state index in [1.807, 2.05) is 24.3 Å². The Morgan fingerprint density at radius 1 is 1.13 bits per heavy atom. The second-order valence-electron chi connectivity index (χ2n) is 7.55. The van der Waals surface area contributed by atoms with E-state index in [4.69, 9.17) is 11.6 Å². The number of carbonyl (C=O) groups excluding carboxylic acids is 1. The summed E-state index contributed by atoms with van der Waals surface area (Å²) in [7, 11) is -3.70. The number of nitrogens with one attached hydrogen (secondary N) is 1. The third-order valence-corrected chi connectivity index (χ3v) is 6.66. The lowest BCUT2D eigenvalue weighted by molar-refractivity contribution is -0.117. The first-order valence-corrected chi connectivity index (χ1v) is 12.4. The van der Waals surface area contributed by atoms with Crippen LogP contribution in [0.5, 0.6) is 0 Å². The lowest BCUT2D eigenvalue weighted by Gasteiger charge is -2.30. The van der Waals surface area contributed by atoms with Gasteiger partial charge in [-0.1, -0.05) is 24.6 Å². The number of piperidine rings is 1. The van der Waals surface area contributed by atoms with E-state index >= 15 is 0 Å². The van der Waals surface area contributed by atoms with E-state index in [9.17, 15) is 13.2 Å². The first kappa shape index (κ1) is 22.4. The third-order valence-electron chi connectivity index (χ3n) is 5.25. The zero-order valence-electron chi connectivity index (χ0n) is 17.3. The summed E-state index contributed by atoms with van der Waals surface area (Å²) in [5.41, 5.74) is 2.14. The Hall–Kier alpha value is -2.25. The molecule has 0 aromatic heterocycles. The number of amides is 1. The number of sulfonamides is 1. The minimum Gasteiger partial charge on any atom is -0.372 e. The highest BCUT2D eigenvalue weighted by Gasteiger charge is 2.31. The van der Waals surface area contributed by atoms with E-state index in [2.05, 4.69) is 10.2 Å². The van der Waals surface area contributed by atoms with Crippen molar-refractivity contribution in [3.05, 3.63) is 53.6 Å². The summed E-state index contributed by atoms with van der Waals surface area (Å²) >= 11 is 6.05. The molecule has 0 bridgehead atoms. The van der Waals surface area contributed by atoms with E-state index in [1.165, 1.54) is 19.3 Å². The molecule has 0 saturated carbocycles. The molecule has 1 heterocycles. The van der Waals surface area contributed by atoms with Gasteiger partial charge in [-0.05, 0) is 68.1 Å². The van der Waals surface area contributed by atoms with Crippen molar-refractivity contribution in [3.63, 3.8) is 0 Å². The van der Waals surface area contributed by atoms with Crippen molar-refractivity contribution in [2.45, 2.75) is 38.6 Å². The van der Waals surface area contributed by atoms with Gasteiger partial charge in [-0.15, -0.1) is 0 Å². The quantitative estimate of drug-likeness (QED) is 0.675. The topological polar surface area (TPSA) is 69.7 Å². The predicted octanol–water partition coefficient (Wildman–Crippen LogP) is 4.51. The van der Waals surface area contributed by atoms with Gasteiger partial charge in [0.1, 0.15) is 6.04 Å². The lowest BCUT2D eigenvalue weighted by atomic mass is 10.1. The lowest BCUT2D eigenvalue weighted by Crippen LogP contribution is -2.47. The second-order valence-corrected chi connectivity index (χ2v) is 9.84. The van der Waals surface area contributed by atoms with Gasteiger partial charge in [-0.2, -0.15) is 0 Å². The summed E-state index contributed by atoms with van der Waals surface area (Å²) in [5, 5.41) is 3.27. The summed E-state index contributed by atoms with van der Waals surface area (Å²) < 4.78 is 26.2. The first-order chi connectivity index (χ1) is 14.3. The van der Waals surface area contributed by atoms with Crippen molar-refractivity contribution in [2.75, 3.05) is 33.9 Å². The smallest absolute Gasteiger partial charge is 0.248 e. The highest BCUT2D eigenvalue weighted by atomic mass is 35.5. The number of nitrogens with zero attached hydrogens (tertiary/aromatic N) is 2. The monoisotopic (exact) mass is 449 g/mol. The van der Waals surface area contributed by atoms with Gasteiger partial charge in [0.15, 0.2) is 0 Å². The first-order valence-electron chi connectivity index (χ1n) is 10.2. The summed E-state index contributed by atoms with van der Waals surface area (Å²) in [4.78, 5) is 15.4. The van der Waals surface area contributed by atoms with Crippen LogP contribution in [-0.2, 0) is 14.8 Å². The fraction of sp³-hybridized carbons (Fsp3) is 0.409. The maximum absolute atomic E-state index is 13.0. The van der Waals surface area contributed by atoms with Crippen LogP contribution in [0.2, 0.25) is 5.02 Å². The van der Waals surface area contributed by atoms with Gasteiger partial charge in [0, 0.05) is 29.5 Å². The number of rotatable bonds is 7. The minimum atomic E-state index is -3.70. The number of carbonyl (C=O) groups is 1. The van der Waals surface area contributed by atoms with Crippen LogP contribution in [0.3, 0.4) is 0 Å². The SMILES string of the molecule is CC[C@H](C(=O)Nc1ccc(N2CCCCC2)cc1)N(c1cccc(Cl)c1)S(C)(=O)=O. The van der Waals surface area contributed by atoms with E-state index in [-0.39, 0.29) is 5.91 Å². The molecule has 0 radical (unpaired) electrons. The molecule has 0 aliphatic carbocycles. The van der Waals surface area contributed by atoms with Crippen molar-refractivity contribution in [2.24, 2.45) is 0 Å². The molecule has 1 atom stereocenters. The largest absolute Gasteiger partial charge is 0.372 e. The van der Waals surface area contributed by atoms with E-state index in [0.717, 1.165) is 29.3 Å². The van der Waals surface area contributed by atoms with E-state index in [0.29, 0.717) is 22.8 Å². The Bertz CT molecular complexity index is 973. The average molecular weight is 450 g/mol. The van der Waals surface area contributed by atoms with Crippen LogP contribution in [0.25, 0.3) is 0 Å². The summed E-state index contributed by atoms with van der Waals surface area (Å²) in [6, 6.07) is 13.3. The molecule has 1 fully saturated rings. The maximum Gasteiger partial charge on any atom is 0.248 e. The molecule has 162 valence electrons. The molecule has 8 heteroatoms. The summed E-state index contributed by atoms with van der Waals surface area (Å²) in [6.45, 7) is 3.88. The van der Waals surface area contributed by atoms with Crippen LogP contribution < -0.4 is 14.5 Å². The zero-order valence-corrected chi connectivity index (χ0v) is 18.9. The molecule has 3 rings (SSSR count). The number of benzene rings is 2. The highest BCUT2D eigenvalue weighted by Crippen LogP contribution is 2.27. The van der Waals surface area contributed by atoms with Crippen molar-refractivity contribution in [1.82, 2.24) is 0 Å². The number of hydrogen-bond acceptors (Lipinski definition) is 4. The molecule has 1 amide bonds. The third kappa shape index (κ3) is 5.46. The molecular formula is C22H28ClN3O3S. The molecule has 1 aliphatic rings. The Labute approximate surface area is 183 Å². The van der Waals surface area contributed by atoms with Crippen LogP contribution in [0.1, 0.15) is 32.6 Å². The van der Waals surface area contributed by atoms with Crippen molar-refractivity contribution >= 4 is 44.6 Å². The number of hydrogen-bond donors (Lipinski definition) is 1. The number of anilines is 3. The van der Waals surface area contributed by atoms with Crippen molar-refractivity contribution < 1.29 is 13.2 Å². The van der Waals surface area contributed by atoms with Crippen LogP contribution in [0, 0.1) is 0 Å². The molecule has 2 aromatic carbocycles. The fourth-order valence-electron chi connectivity index (χ4n) is 3.81. The van der Waals surface area contributed by atoms with Gasteiger partial charge in [0.05, 0.1) is 11.9 Å². The summed E-state index contributed by atoms with van der Waals surface area (Å²) in [5.74, 6) is -0.381. The van der Waals surface area contributed by atoms with E-state index in [1.54, 1.807) is 31.2 Å². The van der Waals surface area contributed by atoms with Crippen molar-refractivity contribution in [3.8, 4) is 0 Å². The molecule has 30 heavy (non-hydrogen) atoms. The van der Waals surface area contributed by atoms with Crippen LogP contribution in [0.4, 0.5) is 17.1 Å². The molecule has 1 aliphatic heterocycles. The Balaban J connectivity index is 1.79. The molecule has 6 nitrogen and oxygen atoms in total. The molecule has 1 N–H and O–H groups in total. The second kappa shape index (κ2) is 9.71. The van der Waals surface area contributed by atoms with E-state index < -0.39 is 16.1 Å². The van der Waals surface area contributed by atoms with Gasteiger partial charge in [-0.25, -0.2) is 8.42 Å². The summed E-state index contributed by atoms with van der Waals surface area (Å²) in [6.07, 6.45) is 5.07. The molecule has 0 spiro atoms. The number of halogens is 1. The molecular weight excluding hydrogens is 422 g/mol. The Morgan fingerprint density at radius 2 is 1.80 bits per heavy atom. The van der Waals surface area contributed by atoms with Gasteiger partial charge < -0.3 is 10.2 Å². The molecule has 1 saturated heterocycles. The normalized spacial score (nSPS) is 15.5. The van der Waals surface area contributed by atoms with Crippen LogP contribution in [-0.4, -0.2) is 39.7 Å². The Morgan fingerprint density at radius 3 is 2.37 bits per heavy atom. The highest BCUT2D eigenvalue weighted by molar-refractivity contribution is 7.92. The van der Waals surface area contributed by atoms with Crippen molar-refractivity contribution in [1.29, 1.82) is 0 Å². The van der Waals surface area contributed by atoms with Gasteiger partial charge in [0.2, 0.25) is 15.9 Å². The Kier molecular flexibility index (Phi) is 7.26. The molecule has 2 aromatic rings. The standard InChI is InChI=1S/C22H28ClN3O3S/c1-3-21(26(30(2,28)29)20-9-7-8-17(23)16-20)22(27)24-18-10-12-19(13-11-18)25-14-5-4-6-15-25/h7-13,16,21H,3-6,14-15H2,1-2H3,(H,24,27)/t21-/m1/s1. The maximum atomic E-state index is 13.0. The zero-order chi connectivity index (χ0) is 21.7. The fourth-order valence-corrected chi connectivity index (χ4v) is 5.19. The molecule has 0 unspecified atom stereocenters. The average Bonchev–Trinajstić information content (AvgIpc) is 2.72. The van der Waals surface area contributed by atoms with Crippen LogP contribution in [0.15, 0.2) is 48.5 Å². The van der Waals surface area contributed by atoms with Gasteiger partial charge in [-0.3, -0.25) is 9.10 Å². The van der Waals surface area contributed by atoms with Gasteiger partial charge >= 0.3 is 0 Å². The van der Waals surface area contributed by atoms with Gasteiger partial charge in [0.25, 0.3) is 0 Å². The predicted molar refractivity (Wildman–Crippen MR) is 124 cm³/mol. The van der Waals surface area contributed by atoms with Crippen LogP contribution >= 0.6 is 11.6 Å². The minimum absolute atomic E-state index is 0.317.